The van der Waals surface area contributed by atoms with Crippen molar-refractivity contribution in [2.45, 2.75) is 26.7 Å². The van der Waals surface area contributed by atoms with Crippen LogP contribution in [0.2, 0.25) is 0 Å². The normalized spacial score (nSPS) is 11.7. The molecule has 13 heteroatoms. The minimum atomic E-state index is -2.30. The van der Waals surface area contributed by atoms with Crippen molar-refractivity contribution in [3.8, 4) is 23.0 Å². The molecule has 3 N–H and O–H groups in total. The molecule has 0 aliphatic rings. The molecule has 10 nitrogen and oxygen atoms in total. The number of rotatable bonds is 15. The molecule has 0 amide bonds. The third-order valence-electron chi connectivity index (χ3n) is 6.43. The smallest absolute Gasteiger partial charge is 0.309 e. The second-order valence-electron chi connectivity index (χ2n) is 10.1. The Labute approximate surface area is 251 Å². The Morgan fingerprint density at radius 3 is 1.67 bits per heavy atom. The molecular formula is C29H31O10PS2. The van der Waals surface area contributed by atoms with Crippen LogP contribution in [0.4, 0.5) is 0 Å². The van der Waals surface area contributed by atoms with Gasteiger partial charge in [-0.3, -0.25) is 14.4 Å². The summed E-state index contributed by atoms with van der Waals surface area (Å²) >= 11 is 2.54. The number of aliphatic carboxylic acids is 1. The summed E-state index contributed by atoms with van der Waals surface area (Å²) in [7, 11) is 0.760. The van der Waals surface area contributed by atoms with E-state index in [9.17, 15) is 19.5 Å². The highest BCUT2D eigenvalue weighted by molar-refractivity contribution is 7.46. The average Bonchev–Trinajstić information content (AvgIpc) is 3.54. The number of ketones is 2. The van der Waals surface area contributed by atoms with Crippen LogP contribution in [0.25, 0.3) is 20.2 Å². The Kier molecular flexibility index (Phi) is 10.1. The SMILES string of the molecule is COc1cc2sc(C(=O)CP(O)O)cc2cc1OCCCOc1cc2cc(C(=O)CC(C)(C)C(=O)O)sc2cc1OC. The number of ether oxygens (including phenoxy) is 4. The van der Waals surface area contributed by atoms with Crippen molar-refractivity contribution in [1.82, 2.24) is 0 Å². The third kappa shape index (κ3) is 7.37. The second-order valence-corrected chi connectivity index (χ2v) is 13.3. The number of thiophene rings is 2. The van der Waals surface area contributed by atoms with E-state index in [1.54, 1.807) is 36.4 Å². The zero-order valence-electron chi connectivity index (χ0n) is 23.5. The lowest BCUT2D eigenvalue weighted by molar-refractivity contribution is -0.146. The fourth-order valence-corrected chi connectivity index (χ4v) is 6.66. The number of carboxylic acids is 1. The van der Waals surface area contributed by atoms with Gasteiger partial charge in [0.25, 0.3) is 0 Å². The molecule has 0 aliphatic heterocycles. The van der Waals surface area contributed by atoms with Crippen LogP contribution in [0, 0.1) is 5.41 Å². The van der Waals surface area contributed by atoms with Crippen LogP contribution in [0.5, 0.6) is 23.0 Å². The summed E-state index contributed by atoms with van der Waals surface area (Å²) in [5.41, 5.74) is -1.16. The van der Waals surface area contributed by atoms with Gasteiger partial charge >= 0.3 is 5.97 Å². The van der Waals surface area contributed by atoms with Crippen LogP contribution in [-0.4, -0.2) is 66.0 Å². The summed E-state index contributed by atoms with van der Waals surface area (Å²) in [5, 5.41) is 10.9. The number of benzene rings is 2. The van der Waals surface area contributed by atoms with Crippen LogP contribution in [0.15, 0.2) is 36.4 Å². The zero-order valence-corrected chi connectivity index (χ0v) is 26.0. The molecular weight excluding hydrogens is 603 g/mol. The molecule has 0 aliphatic carbocycles. The van der Waals surface area contributed by atoms with E-state index in [2.05, 4.69) is 0 Å². The molecule has 4 aromatic rings. The predicted molar refractivity (Wildman–Crippen MR) is 163 cm³/mol. The summed E-state index contributed by atoms with van der Waals surface area (Å²) in [6.45, 7) is 3.69. The predicted octanol–water partition coefficient (Wildman–Crippen LogP) is 6.14. The molecule has 0 atom stereocenters. The van der Waals surface area contributed by atoms with Gasteiger partial charge in [0.2, 0.25) is 0 Å². The number of fused-ring (bicyclic) bond motifs is 2. The lowest BCUT2D eigenvalue weighted by Gasteiger charge is -2.16. The third-order valence-corrected chi connectivity index (χ3v) is 9.27. The van der Waals surface area contributed by atoms with E-state index in [0.29, 0.717) is 52.4 Å². The van der Waals surface area contributed by atoms with Gasteiger partial charge in [-0.25, -0.2) is 0 Å². The van der Waals surface area contributed by atoms with Gasteiger partial charge in [-0.2, -0.15) is 0 Å². The Morgan fingerprint density at radius 1 is 0.762 bits per heavy atom. The van der Waals surface area contributed by atoms with Crippen molar-refractivity contribution in [1.29, 1.82) is 0 Å². The Morgan fingerprint density at radius 2 is 1.24 bits per heavy atom. The van der Waals surface area contributed by atoms with Gasteiger partial charge < -0.3 is 33.8 Å². The van der Waals surface area contributed by atoms with Gasteiger partial charge in [0.05, 0.1) is 48.8 Å². The van der Waals surface area contributed by atoms with E-state index >= 15 is 0 Å². The maximum absolute atomic E-state index is 12.8. The quantitative estimate of drug-likeness (QED) is 0.0790. The molecule has 0 bridgehead atoms. The molecule has 2 aromatic carbocycles. The number of methoxy groups -OCH3 is 2. The first-order valence-electron chi connectivity index (χ1n) is 12.9. The van der Waals surface area contributed by atoms with E-state index in [-0.39, 0.29) is 24.1 Å². The molecule has 2 aromatic heterocycles. The van der Waals surface area contributed by atoms with Crippen molar-refractivity contribution < 1.29 is 48.2 Å². The molecule has 2 heterocycles. The Bertz CT molecular complexity index is 1620. The number of hydrogen-bond acceptors (Lipinski definition) is 11. The molecule has 4 rings (SSSR count). The van der Waals surface area contributed by atoms with Gasteiger partial charge in [0, 0.05) is 34.4 Å². The van der Waals surface area contributed by atoms with Crippen molar-refractivity contribution in [3.05, 3.63) is 46.2 Å². The maximum atomic E-state index is 12.8. The highest BCUT2D eigenvalue weighted by Gasteiger charge is 2.31. The first-order valence-corrected chi connectivity index (χ1v) is 15.9. The zero-order chi connectivity index (χ0) is 30.6. The fraction of sp³-hybridized carbons (Fsp3) is 0.345. The topological polar surface area (TPSA) is 149 Å². The van der Waals surface area contributed by atoms with Crippen molar-refractivity contribution in [2.24, 2.45) is 5.41 Å². The highest BCUT2D eigenvalue weighted by Crippen LogP contribution is 2.39. The highest BCUT2D eigenvalue weighted by atomic mass is 32.1. The molecule has 0 saturated carbocycles. The van der Waals surface area contributed by atoms with Gasteiger partial charge in [-0.15, -0.1) is 22.7 Å². The standard InChI is InChI=1S/C29H31O10PS2/c1-29(2,28(32)33)14-18(30)26-10-16-8-22(20(36-3)12-24(16)41-26)38-6-5-7-39-23-9-17-11-27(19(31)15-40(34)35)42-25(17)13-21(23)37-4/h8-13,34-35H,5-7,14-15H2,1-4H3,(H,32,33). The van der Waals surface area contributed by atoms with Crippen LogP contribution in [0.3, 0.4) is 0 Å². The van der Waals surface area contributed by atoms with Gasteiger partial charge in [-0.1, -0.05) is 0 Å². The minimum Gasteiger partial charge on any atom is -0.493 e. The number of hydrogen-bond donors (Lipinski definition) is 3. The molecule has 42 heavy (non-hydrogen) atoms. The van der Waals surface area contributed by atoms with Crippen molar-refractivity contribution in [2.75, 3.05) is 33.6 Å². The van der Waals surface area contributed by atoms with Gasteiger partial charge in [0.1, 0.15) is 0 Å². The first kappa shape index (κ1) is 31.7. The van der Waals surface area contributed by atoms with Gasteiger partial charge in [-0.05, 0) is 48.9 Å². The molecule has 0 spiro atoms. The fourth-order valence-electron chi connectivity index (χ4n) is 4.11. The van der Waals surface area contributed by atoms with Crippen LogP contribution in [-0.2, 0) is 4.79 Å². The lowest BCUT2D eigenvalue weighted by Crippen LogP contribution is -2.26. The van der Waals surface area contributed by atoms with Crippen molar-refractivity contribution >= 4 is 68.8 Å². The summed E-state index contributed by atoms with van der Waals surface area (Å²) in [6.07, 6.45) is 0.120. The molecule has 0 saturated heterocycles. The van der Waals surface area contributed by atoms with Crippen LogP contribution < -0.4 is 18.9 Å². The van der Waals surface area contributed by atoms with E-state index in [4.69, 9.17) is 28.7 Å². The molecule has 0 fully saturated rings. The number of Topliss-reactive ketones (excluding diaryl/α,β-unsaturated/α-hetero) is 2. The van der Waals surface area contributed by atoms with Crippen LogP contribution >= 0.6 is 31.0 Å². The van der Waals surface area contributed by atoms with E-state index in [1.807, 2.05) is 0 Å². The minimum absolute atomic E-state index is 0.104. The summed E-state index contributed by atoms with van der Waals surface area (Å²) < 4.78 is 24.5. The summed E-state index contributed by atoms with van der Waals surface area (Å²) in [6, 6.07) is 10.6. The first-order chi connectivity index (χ1) is 19.9. The summed E-state index contributed by atoms with van der Waals surface area (Å²) in [5.74, 6) is 0.464. The van der Waals surface area contributed by atoms with Gasteiger partial charge in [0.15, 0.2) is 42.9 Å². The van der Waals surface area contributed by atoms with E-state index in [0.717, 1.165) is 20.2 Å². The number of carbonyl (C=O) groups excluding carboxylic acids is 2. The molecule has 0 unspecified atom stereocenters. The monoisotopic (exact) mass is 634 g/mol. The largest absolute Gasteiger partial charge is 0.493 e. The Hall–Kier alpha value is -3.28. The lowest BCUT2D eigenvalue weighted by atomic mass is 9.87. The van der Waals surface area contributed by atoms with Crippen molar-refractivity contribution in [3.63, 3.8) is 0 Å². The van der Waals surface area contributed by atoms with E-state index < -0.39 is 19.8 Å². The molecule has 224 valence electrons. The number of carboxylic acid groups (broad SMARTS) is 1. The molecule has 0 radical (unpaired) electrons. The van der Waals surface area contributed by atoms with Crippen LogP contribution in [0.1, 0.15) is 46.0 Å². The Balaban J connectivity index is 1.39. The summed E-state index contributed by atoms with van der Waals surface area (Å²) in [4.78, 5) is 55.7. The van der Waals surface area contributed by atoms with E-state index in [1.165, 1.54) is 50.7 Å². The maximum Gasteiger partial charge on any atom is 0.309 e. The number of carbonyl (C=O) groups is 3. The average molecular weight is 635 g/mol. The second kappa shape index (κ2) is 13.4.